The van der Waals surface area contributed by atoms with Gasteiger partial charge in [-0.3, -0.25) is 9.20 Å². The summed E-state index contributed by atoms with van der Waals surface area (Å²) in [6.45, 7) is 4.61. The Balaban J connectivity index is 0.000000369. The second-order valence-electron chi connectivity index (χ2n) is 8.48. The number of benzene rings is 2. The maximum absolute atomic E-state index is 13.0. The van der Waals surface area contributed by atoms with Crippen LogP contribution in [-0.4, -0.2) is 39.9 Å². The van der Waals surface area contributed by atoms with Crippen molar-refractivity contribution >= 4 is 17.1 Å². The first-order valence-electron chi connectivity index (χ1n) is 12.0. The molecule has 1 unspecified atom stereocenters. The van der Waals surface area contributed by atoms with Crippen LogP contribution < -0.4 is 15.0 Å². The number of methoxy groups -OCH3 is 2. The van der Waals surface area contributed by atoms with Crippen molar-refractivity contribution in [2.24, 2.45) is 0 Å². The van der Waals surface area contributed by atoms with E-state index in [-0.39, 0.29) is 25.5 Å². The van der Waals surface area contributed by atoms with Crippen LogP contribution in [-0.2, 0) is 12.4 Å². The number of nitrogens with zero attached hydrogens (tertiary/aromatic N) is 3. The SMILES string of the molecule is C.CCC(CCO)c1ncc2c(=O)n(Cc3ccc(OC)cc3)c(C)cn12.COc1ccc(CCl)cc1. The monoisotopic (exact) mass is 527 g/mol. The van der Waals surface area contributed by atoms with Crippen LogP contribution in [0.4, 0.5) is 0 Å². The molecule has 37 heavy (non-hydrogen) atoms. The summed E-state index contributed by atoms with van der Waals surface area (Å²) in [5.74, 6) is 3.20. The quantitative estimate of drug-likeness (QED) is 0.278. The highest BCUT2D eigenvalue weighted by Crippen LogP contribution is 2.22. The summed E-state index contributed by atoms with van der Waals surface area (Å²) in [6, 6.07) is 15.4. The van der Waals surface area contributed by atoms with Crippen molar-refractivity contribution in [3.05, 3.63) is 93.9 Å². The first kappa shape index (κ1) is 29.9. The summed E-state index contributed by atoms with van der Waals surface area (Å²) in [6.07, 6.45) is 5.11. The molecule has 0 radical (unpaired) electrons. The van der Waals surface area contributed by atoms with E-state index in [0.29, 0.717) is 24.4 Å². The Morgan fingerprint density at radius 1 is 1.00 bits per heavy atom. The van der Waals surface area contributed by atoms with Gasteiger partial charge in [-0.25, -0.2) is 4.98 Å². The number of hydrogen-bond acceptors (Lipinski definition) is 5. The van der Waals surface area contributed by atoms with E-state index in [0.717, 1.165) is 40.6 Å². The lowest BCUT2D eigenvalue weighted by Crippen LogP contribution is -2.25. The summed E-state index contributed by atoms with van der Waals surface area (Å²) in [7, 11) is 3.28. The zero-order valence-electron chi connectivity index (χ0n) is 21.3. The van der Waals surface area contributed by atoms with Crippen LogP contribution in [0.25, 0.3) is 5.52 Å². The second-order valence-corrected chi connectivity index (χ2v) is 8.75. The Morgan fingerprint density at radius 2 is 1.57 bits per heavy atom. The fraction of sp³-hybridized carbons (Fsp3) is 0.379. The van der Waals surface area contributed by atoms with Crippen molar-refractivity contribution < 1.29 is 14.6 Å². The van der Waals surface area contributed by atoms with Crippen molar-refractivity contribution in [3.63, 3.8) is 0 Å². The standard InChI is InChI=1S/C20H25N3O3.C8H9ClO.CH4/c1-4-16(9-10-24)19-21-11-18-20(25)22(14(2)12-23(18)19)13-15-5-7-17(26-3)8-6-15;1-10-8-4-2-7(6-9)3-5-8;/h5-8,11-12,16,24H,4,9-10,13H2,1-3H3;2-5H,6H2,1H3;1H4. The third kappa shape index (κ3) is 7.37. The molecule has 0 aliphatic carbocycles. The summed E-state index contributed by atoms with van der Waals surface area (Å²) >= 11 is 5.58. The number of alkyl halides is 1. The molecule has 0 aliphatic heterocycles. The molecule has 0 aliphatic rings. The molecule has 8 heteroatoms. The molecule has 4 aromatic rings. The predicted molar refractivity (Wildman–Crippen MR) is 150 cm³/mol. The molecular weight excluding hydrogens is 490 g/mol. The fourth-order valence-corrected chi connectivity index (χ4v) is 4.20. The van der Waals surface area contributed by atoms with Crippen LogP contribution in [0.15, 0.2) is 65.7 Å². The summed E-state index contributed by atoms with van der Waals surface area (Å²) in [4.78, 5) is 17.5. The Kier molecular flexibility index (Phi) is 11.7. The van der Waals surface area contributed by atoms with Crippen LogP contribution in [0.5, 0.6) is 11.5 Å². The molecule has 0 fully saturated rings. The Morgan fingerprint density at radius 3 is 2.05 bits per heavy atom. The lowest BCUT2D eigenvalue weighted by molar-refractivity contribution is 0.271. The third-order valence-corrected chi connectivity index (χ3v) is 6.49. The highest BCUT2D eigenvalue weighted by Gasteiger charge is 2.18. The highest BCUT2D eigenvalue weighted by molar-refractivity contribution is 6.17. The number of hydrogen-bond donors (Lipinski definition) is 1. The molecule has 2 aromatic carbocycles. The van der Waals surface area contributed by atoms with Crippen molar-refractivity contribution in [2.45, 2.75) is 52.5 Å². The number of imidazole rings is 1. The van der Waals surface area contributed by atoms with Crippen molar-refractivity contribution in [3.8, 4) is 11.5 Å². The number of halogens is 1. The minimum atomic E-state index is -0.0570. The Bertz CT molecular complexity index is 1270. The van der Waals surface area contributed by atoms with Gasteiger partial charge in [0, 0.05) is 30.3 Å². The van der Waals surface area contributed by atoms with E-state index in [1.165, 1.54) is 0 Å². The van der Waals surface area contributed by atoms with Gasteiger partial charge in [-0.1, -0.05) is 38.6 Å². The largest absolute Gasteiger partial charge is 0.497 e. The lowest BCUT2D eigenvalue weighted by atomic mass is 10.0. The molecule has 0 bridgehead atoms. The van der Waals surface area contributed by atoms with E-state index in [1.54, 1.807) is 25.0 Å². The number of ether oxygens (including phenoxy) is 2. The molecule has 0 amide bonds. The number of rotatable bonds is 9. The molecule has 1 atom stereocenters. The molecular formula is C29H38ClN3O4. The summed E-state index contributed by atoms with van der Waals surface area (Å²) in [5, 5.41) is 9.28. The van der Waals surface area contributed by atoms with Gasteiger partial charge in [0.25, 0.3) is 5.56 Å². The molecule has 1 N–H and O–H groups in total. The molecule has 0 saturated heterocycles. The van der Waals surface area contributed by atoms with Gasteiger partial charge < -0.3 is 19.1 Å². The van der Waals surface area contributed by atoms with E-state index in [1.807, 2.05) is 66.1 Å². The number of aliphatic hydroxyl groups is 1. The van der Waals surface area contributed by atoms with E-state index in [2.05, 4.69) is 11.9 Å². The molecule has 0 saturated carbocycles. The van der Waals surface area contributed by atoms with Crippen molar-refractivity contribution in [1.82, 2.24) is 14.0 Å². The van der Waals surface area contributed by atoms with E-state index >= 15 is 0 Å². The maximum atomic E-state index is 13.0. The van der Waals surface area contributed by atoms with Crippen molar-refractivity contribution in [1.29, 1.82) is 0 Å². The van der Waals surface area contributed by atoms with Gasteiger partial charge in [-0.15, -0.1) is 11.6 Å². The first-order chi connectivity index (χ1) is 17.4. The smallest absolute Gasteiger partial charge is 0.276 e. The zero-order valence-corrected chi connectivity index (χ0v) is 22.0. The van der Waals surface area contributed by atoms with Gasteiger partial charge in [-0.2, -0.15) is 0 Å². The van der Waals surface area contributed by atoms with Crippen LogP contribution in [0.3, 0.4) is 0 Å². The van der Waals surface area contributed by atoms with Gasteiger partial charge in [0.2, 0.25) is 0 Å². The number of fused-ring (bicyclic) bond motifs is 1. The van der Waals surface area contributed by atoms with Crippen LogP contribution in [0.1, 0.15) is 55.8 Å². The fourth-order valence-electron chi connectivity index (χ4n) is 4.02. The van der Waals surface area contributed by atoms with E-state index in [9.17, 15) is 9.90 Å². The lowest BCUT2D eigenvalue weighted by Gasteiger charge is -2.15. The van der Waals surface area contributed by atoms with Crippen LogP contribution >= 0.6 is 11.6 Å². The van der Waals surface area contributed by atoms with E-state index < -0.39 is 0 Å². The highest BCUT2D eigenvalue weighted by atomic mass is 35.5. The number of aliphatic hydroxyl groups excluding tert-OH is 1. The van der Waals surface area contributed by atoms with Gasteiger partial charge in [0.1, 0.15) is 22.8 Å². The van der Waals surface area contributed by atoms with Gasteiger partial charge in [0.15, 0.2) is 0 Å². The predicted octanol–water partition coefficient (Wildman–Crippen LogP) is 5.81. The van der Waals surface area contributed by atoms with Gasteiger partial charge in [-0.05, 0) is 55.2 Å². The Hall–Kier alpha value is -3.29. The molecule has 2 heterocycles. The molecule has 200 valence electrons. The molecule has 4 rings (SSSR count). The van der Waals surface area contributed by atoms with Crippen molar-refractivity contribution in [2.75, 3.05) is 20.8 Å². The van der Waals surface area contributed by atoms with Crippen LogP contribution in [0, 0.1) is 6.92 Å². The maximum Gasteiger partial charge on any atom is 0.276 e. The zero-order chi connectivity index (χ0) is 26.1. The molecule has 2 aromatic heterocycles. The van der Waals surface area contributed by atoms with Gasteiger partial charge in [0.05, 0.1) is 27.0 Å². The second kappa shape index (κ2) is 14.4. The average Bonchev–Trinajstić information content (AvgIpc) is 3.34. The average molecular weight is 528 g/mol. The topological polar surface area (TPSA) is 78.0 Å². The molecule has 7 nitrogen and oxygen atoms in total. The van der Waals surface area contributed by atoms with Crippen LogP contribution in [0.2, 0.25) is 0 Å². The minimum Gasteiger partial charge on any atom is -0.497 e. The minimum absolute atomic E-state index is 0. The third-order valence-electron chi connectivity index (χ3n) is 6.18. The van der Waals surface area contributed by atoms with E-state index in [4.69, 9.17) is 21.1 Å². The van der Waals surface area contributed by atoms with Gasteiger partial charge >= 0.3 is 0 Å². The molecule has 0 spiro atoms. The first-order valence-corrected chi connectivity index (χ1v) is 12.5. The summed E-state index contributed by atoms with van der Waals surface area (Å²) in [5.41, 5.74) is 3.53. The Labute approximate surface area is 224 Å². The number of aromatic nitrogens is 3. The summed E-state index contributed by atoms with van der Waals surface area (Å²) < 4.78 is 13.8. The number of aryl methyl sites for hydroxylation is 1. The normalized spacial score (nSPS) is 11.3.